The fourth-order valence-corrected chi connectivity index (χ4v) is 1.85. The number of nitro benzene ring substituents is 1. The highest BCUT2D eigenvalue weighted by Gasteiger charge is 2.10. The summed E-state index contributed by atoms with van der Waals surface area (Å²) in [6, 6.07) is 4.41. The molecule has 1 aromatic rings. The normalized spacial score (nSPS) is 11.1. The Balaban J connectivity index is 2.84. The molecule has 0 bridgehead atoms. The van der Waals surface area contributed by atoms with Gasteiger partial charge in [0.25, 0.3) is 5.69 Å². The monoisotopic (exact) mass is 288 g/mol. The van der Waals surface area contributed by atoms with Crippen molar-refractivity contribution in [3.05, 3.63) is 28.3 Å². The standard InChI is InChI=1S/C10H16N4O4S/c1-2-12-8-5-9(7-10(6-8)14(15)16)13-3-4-19(11,17)18/h5-7,12-13H,2-4H2,1H3,(H2,11,17,18). The van der Waals surface area contributed by atoms with Gasteiger partial charge in [0.1, 0.15) is 0 Å². The lowest BCUT2D eigenvalue weighted by Gasteiger charge is -2.09. The van der Waals surface area contributed by atoms with Crippen LogP contribution < -0.4 is 15.8 Å². The van der Waals surface area contributed by atoms with E-state index in [1.54, 1.807) is 6.07 Å². The van der Waals surface area contributed by atoms with Crippen molar-refractivity contribution >= 4 is 27.1 Å². The van der Waals surface area contributed by atoms with E-state index in [0.29, 0.717) is 17.9 Å². The molecule has 0 fully saturated rings. The van der Waals surface area contributed by atoms with Gasteiger partial charge in [0.05, 0.1) is 10.7 Å². The van der Waals surface area contributed by atoms with Gasteiger partial charge >= 0.3 is 0 Å². The molecular weight excluding hydrogens is 272 g/mol. The number of nitro groups is 1. The van der Waals surface area contributed by atoms with Crippen LogP contribution in [-0.2, 0) is 10.0 Å². The number of anilines is 2. The maximum atomic E-state index is 10.8. The molecule has 0 aliphatic heterocycles. The number of primary sulfonamides is 1. The predicted octanol–water partition coefficient (Wildman–Crippen LogP) is 0.727. The summed E-state index contributed by atoms with van der Waals surface area (Å²) in [6.07, 6.45) is 0. The van der Waals surface area contributed by atoms with Crippen molar-refractivity contribution in [1.29, 1.82) is 0 Å². The molecule has 0 unspecified atom stereocenters. The summed E-state index contributed by atoms with van der Waals surface area (Å²) in [7, 11) is -3.55. The summed E-state index contributed by atoms with van der Waals surface area (Å²) in [5.41, 5.74) is 0.986. The number of nitrogens with two attached hydrogens (primary N) is 1. The Kier molecular flexibility index (Phi) is 5.07. The molecule has 0 aliphatic rings. The van der Waals surface area contributed by atoms with Crippen LogP contribution in [0.15, 0.2) is 18.2 Å². The van der Waals surface area contributed by atoms with E-state index in [1.807, 2.05) is 6.92 Å². The second-order valence-electron chi connectivity index (χ2n) is 3.85. The second kappa shape index (κ2) is 6.34. The first-order valence-corrected chi connectivity index (χ1v) is 7.31. The van der Waals surface area contributed by atoms with Gasteiger partial charge in [-0.15, -0.1) is 0 Å². The van der Waals surface area contributed by atoms with Gasteiger partial charge in [-0.05, 0) is 13.0 Å². The maximum absolute atomic E-state index is 10.8. The molecule has 4 N–H and O–H groups in total. The van der Waals surface area contributed by atoms with Crippen LogP contribution in [0.1, 0.15) is 6.92 Å². The Labute approximate surface area is 111 Å². The number of sulfonamides is 1. The molecule has 1 aromatic carbocycles. The quantitative estimate of drug-likeness (QED) is 0.501. The van der Waals surface area contributed by atoms with E-state index >= 15 is 0 Å². The maximum Gasteiger partial charge on any atom is 0.273 e. The van der Waals surface area contributed by atoms with E-state index in [2.05, 4.69) is 10.6 Å². The number of benzene rings is 1. The summed E-state index contributed by atoms with van der Waals surface area (Å²) < 4.78 is 21.6. The van der Waals surface area contributed by atoms with Crippen LogP contribution in [0, 0.1) is 10.1 Å². The Hall–Kier alpha value is -1.87. The fraction of sp³-hybridized carbons (Fsp3) is 0.400. The van der Waals surface area contributed by atoms with Gasteiger partial charge < -0.3 is 10.6 Å². The molecule has 0 saturated heterocycles. The number of nitrogens with one attached hydrogen (secondary N) is 2. The lowest BCUT2D eigenvalue weighted by Crippen LogP contribution is -2.22. The van der Waals surface area contributed by atoms with Gasteiger partial charge in [0.2, 0.25) is 10.0 Å². The van der Waals surface area contributed by atoms with Crippen molar-refractivity contribution in [1.82, 2.24) is 0 Å². The number of rotatable bonds is 7. The number of non-ortho nitro benzene ring substituents is 1. The Bertz CT molecular complexity index is 559. The summed E-state index contributed by atoms with van der Waals surface area (Å²) in [5.74, 6) is -0.244. The van der Waals surface area contributed by atoms with Gasteiger partial charge in [-0.25, -0.2) is 13.6 Å². The minimum Gasteiger partial charge on any atom is -0.385 e. The third-order valence-corrected chi connectivity index (χ3v) is 3.00. The van der Waals surface area contributed by atoms with E-state index in [0.717, 1.165) is 0 Å². The first-order valence-electron chi connectivity index (χ1n) is 5.59. The van der Waals surface area contributed by atoms with Gasteiger partial charge in [0.15, 0.2) is 0 Å². The van der Waals surface area contributed by atoms with Crippen molar-refractivity contribution < 1.29 is 13.3 Å². The van der Waals surface area contributed by atoms with E-state index in [1.165, 1.54) is 12.1 Å². The molecule has 8 nitrogen and oxygen atoms in total. The minimum atomic E-state index is -3.55. The zero-order chi connectivity index (χ0) is 14.5. The average molecular weight is 288 g/mol. The molecule has 0 atom stereocenters. The van der Waals surface area contributed by atoms with E-state index < -0.39 is 14.9 Å². The summed E-state index contributed by atoms with van der Waals surface area (Å²) in [5, 5.41) is 21.4. The molecule has 0 aromatic heterocycles. The average Bonchev–Trinajstić information content (AvgIpc) is 2.27. The molecule has 9 heteroatoms. The van der Waals surface area contributed by atoms with Crippen LogP contribution in [0.25, 0.3) is 0 Å². The molecule has 0 amide bonds. The van der Waals surface area contributed by atoms with E-state index in [9.17, 15) is 18.5 Å². The first-order chi connectivity index (χ1) is 8.81. The van der Waals surface area contributed by atoms with Crippen LogP contribution >= 0.6 is 0 Å². The van der Waals surface area contributed by atoms with Crippen molar-refractivity contribution in [3.8, 4) is 0 Å². The van der Waals surface area contributed by atoms with Crippen molar-refractivity contribution in [2.24, 2.45) is 5.14 Å². The molecule has 0 aliphatic carbocycles. The van der Waals surface area contributed by atoms with Gasteiger partial charge in [-0.2, -0.15) is 0 Å². The molecule has 0 radical (unpaired) electrons. The first kappa shape index (κ1) is 15.2. The topological polar surface area (TPSA) is 127 Å². The van der Waals surface area contributed by atoms with Gasteiger partial charge in [-0.1, -0.05) is 0 Å². The van der Waals surface area contributed by atoms with Crippen LogP contribution in [0.5, 0.6) is 0 Å². The molecule has 19 heavy (non-hydrogen) atoms. The largest absolute Gasteiger partial charge is 0.385 e. The van der Waals surface area contributed by atoms with Crippen molar-refractivity contribution in [2.45, 2.75) is 6.92 Å². The molecular formula is C10H16N4O4S. The molecule has 0 heterocycles. The van der Waals surface area contributed by atoms with Crippen molar-refractivity contribution in [3.63, 3.8) is 0 Å². The van der Waals surface area contributed by atoms with Crippen molar-refractivity contribution in [2.75, 3.05) is 29.5 Å². The summed E-state index contributed by atoms with van der Waals surface area (Å²) >= 11 is 0. The Morgan fingerprint density at radius 3 is 2.32 bits per heavy atom. The molecule has 1 rings (SSSR count). The van der Waals surface area contributed by atoms with Gasteiger partial charge in [-0.3, -0.25) is 10.1 Å². The number of hydrogen-bond donors (Lipinski definition) is 3. The molecule has 106 valence electrons. The Morgan fingerprint density at radius 1 is 1.26 bits per heavy atom. The number of nitrogens with zero attached hydrogens (tertiary/aromatic N) is 1. The van der Waals surface area contributed by atoms with Crippen LogP contribution in [-0.4, -0.2) is 32.2 Å². The second-order valence-corrected chi connectivity index (χ2v) is 5.58. The SMILES string of the molecule is CCNc1cc(NCCS(N)(=O)=O)cc([N+](=O)[O-])c1. The van der Waals surface area contributed by atoms with Crippen LogP contribution in [0.3, 0.4) is 0 Å². The summed E-state index contributed by atoms with van der Waals surface area (Å²) in [4.78, 5) is 10.3. The van der Waals surface area contributed by atoms with Crippen LogP contribution in [0.4, 0.5) is 17.1 Å². The highest BCUT2D eigenvalue weighted by Crippen LogP contribution is 2.24. The molecule has 0 saturated carbocycles. The predicted molar refractivity (Wildman–Crippen MR) is 73.7 cm³/mol. The highest BCUT2D eigenvalue weighted by molar-refractivity contribution is 7.89. The lowest BCUT2D eigenvalue weighted by atomic mass is 10.2. The Morgan fingerprint density at radius 2 is 1.84 bits per heavy atom. The number of hydrogen-bond acceptors (Lipinski definition) is 6. The zero-order valence-electron chi connectivity index (χ0n) is 10.4. The third kappa shape index (κ3) is 5.53. The summed E-state index contributed by atoms with van der Waals surface area (Å²) in [6.45, 7) is 2.58. The lowest BCUT2D eigenvalue weighted by molar-refractivity contribution is -0.384. The zero-order valence-corrected chi connectivity index (χ0v) is 11.2. The highest BCUT2D eigenvalue weighted by atomic mass is 32.2. The van der Waals surface area contributed by atoms with E-state index in [-0.39, 0.29) is 18.0 Å². The molecule has 0 spiro atoms. The van der Waals surface area contributed by atoms with E-state index in [4.69, 9.17) is 5.14 Å². The fourth-order valence-electron chi connectivity index (χ4n) is 1.46. The third-order valence-electron chi connectivity index (χ3n) is 2.23. The van der Waals surface area contributed by atoms with Gasteiger partial charge in [0, 0.05) is 36.6 Å². The smallest absolute Gasteiger partial charge is 0.273 e. The van der Waals surface area contributed by atoms with Crippen LogP contribution in [0.2, 0.25) is 0 Å². The minimum absolute atomic E-state index is 0.0726.